The van der Waals surface area contributed by atoms with Gasteiger partial charge in [0.2, 0.25) is 5.91 Å². The van der Waals surface area contributed by atoms with E-state index >= 15 is 0 Å². The molecule has 0 bridgehead atoms. The number of rotatable bonds is 7. The molecule has 0 unspecified atom stereocenters. The van der Waals surface area contributed by atoms with E-state index in [1.807, 2.05) is 20.8 Å². The van der Waals surface area contributed by atoms with Crippen molar-refractivity contribution in [2.75, 3.05) is 17.7 Å². The molecule has 3 N–H and O–H groups in total. The second-order valence-electron chi connectivity index (χ2n) is 7.91. The first-order chi connectivity index (χ1) is 15.7. The Kier molecular flexibility index (Phi) is 6.95. The number of nitrogens with zero attached hydrogens (tertiary/aromatic N) is 2. The first-order valence-corrected chi connectivity index (χ1v) is 10.6. The second kappa shape index (κ2) is 9.68. The van der Waals surface area contributed by atoms with E-state index in [0.717, 1.165) is 0 Å². The smallest absolute Gasteiger partial charge is 0.329 e. The second-order valence-corrected chi connectivity index (χ2v) is 7.91. The molecule has 2 heterocycles. The highest BCUT2D eigenvalue weighted by Gasteiger charge is 2.21. The first-order valence-electron chi connectivity index (χ1n) is 10.6. The number of amides is 2. The predicted octanol–water partition coefficient (Wildman–Crippen LogP) is 2.84. The van der Waals surface area contributed by atoms with Gasteiger partial charge >= 0.3 is 5.69 Å². The number of hydrogen-bond acceptors (Lipinski definition) is 6. The molecule has 0 aliphatic rings. The molecule has 0 saturated carbocycles. The van der Waals surface area contributed by atoms with Crippen LogP contribution in [0.15, 0.2) is 33.9 Å². The topological polar surface area (TPSA) is 135 Å². The summed E-state index contributed by atoms with van der Waals surface area (Å²) in [6.07, 6.45) is 0.649. The minimum Gasteiger partial charge on any atom is -0.494 e. The lowest BCUT2D eigenvalue weighted by molar-refractivity contribution is -0.114. The van der Waals surface area contributed by atoms with Crippen LogP contribution < -0.4 is 26.6 Å². The lowest BCUT2D eigenvalue weighted by Crippen LogP contribution is -2.32. The number of ether oxygens (including phenoxy) is 1. The van der Waals surface area contributed by atoms with Gasteiger partial charge in [-0.2, -0.15) is 0 Å². The number of pyridine rings is 1. The Hall–Kier alpha value is -3.95. The Balaban J connectivity index is 2.14. The highest BCUT2D eigenvalue weighted by molar-refractivity contribution is 6.12. The molecule has 2 aromatic heterocycles. The summed E-state index contributed by atoms with van der Waals surface area (Å²) in [5.41, 5.74) is 0.502. The number of H-pyrrole nitrogens is 1. The van der Waals surface area contributed by atoms with Gasteiger partial charge in [-0.15, -0.1) is 0 Å². The van der Waals surface area contributed by atoms with Crippen LogP contribution in [0, 0.1) is 0 Å². The van der Waals surface area contributed by atoms with E-state index in [1.54, 1.807) is 24.3 Å². The van der Waals surface area contributed by atoms with Crippen LogP contribution in [0.4, 0.5) is 11.4 Å². The van der Waals surface area contributed by atoms with Crippen LogP contribution in [0.1, 0.15) is 56.1 Å². The molecule has 2 amide bonds. The highest BCUT2D eigenvalue weighted by Crippen LogP contribution is 2.29. The summed E-state index contributed by atoms with van der Waals surface area (Å²) >= 11 is 0. The van der Waals surface area contributed by atoms with Gasteiger partial charge < -0.3 is 15.4 Å². The predicted molar refractivity (Wildman–Crippen MR) is 126 cm³/mol. The minimum atomic E-state index is -0.672. The van der Waals surface area contributed by atoms with Gasteiger partial charge in [-0.05, 0) is 30.5 Å². The molecule has 0 aliphatic carbocycles. The number of fused-ring (bicyclic) bond motifs is 1. The number of nitrogens with one attached hydrogen (secondary N) is 3. The number of aromatic nitrogens is 3. The van der Waals surface area contributed by atoms with E-state index in [2.05, 4.69) is 20.6 Å². The standard InChI is InChI=1S/C23H27N5O5/c1-6-9-28-20-19(22(31)27-23(28)32)15(11-17(26-20)12(2)3)21(30)25-14-7-8-16(24-13(4)29)18(10-14)33-5/h7-8,10-12H,6,9H2,1-5H3,(H,24,29)(H,25,30)(H,27,31,32). The van der Waals surface area contributed by atoms with Crippen LogP contribution in [0.2, 0.25) is 0 Å². The number of aryl methyl sites for hydroxylation is 1. The van der Waals surface area contributed by atoms with Crippen molar-refractivity contribution in [2.45, 2.75) is 46.6 Å². The van der Waals surface area contributed by atoms with Crippen molar-refractivity contribution < 1.29 is 14.3 Å². The van der Waals surface area contributed by atoms with Crippen molar-refractivity contribution in [3.63, 3.8) is 0 Å². The van der Waals surface area contributed by atoms with Crippen LogP contribution in [0.25, 0.3) is 11.0 Å². The molecule has 10 nitrogen and oxygen atoms in total. The largest absolute Gasteiger partial charge is 0.494 e. The van der Waals surface area contributed by atoms with Crippen molar-refractivity contribution >= 4 is 34.2 Å². The molecule has 3 aromatic rings. The maximum atomic E-state index is 13.3. The molecule has 0 fully saturated rings. The molecule has 0 spiro atoms. The summed E-state index contributed by atoms with van der Waals surface area (Å²) < 4.78 is 6.68. The average Bonchev–Trinajstić information content (AvgIpc) is 2.76. The van der Waals surface area contributed by atoms with E-state index in [0.29, 0.717) is 35.8 Å². The third kappa shape index (κ3) is 4.94. The maximum Gasteiger partial charge on any atom is 0.329 e. The third-order valence-corrected chi connectivity index (χ3v) is 5.02. The molecule has 174 valence electrons. The molecule has 0 atom stereocenters. The zero-order valence-corrected chi connectivity index (χ0v) is 19.2. The Morgan fingerprint density at radius 3 is 2.52 bits per heavy atom. The molecule has 33 heavy (non-hydrogen) atoms. The van der Waals surface area contributed by atoms with Gasteiger partial charge in [0.15, 0.2) is 5.65 Å². The van der Waals surface area contributed by atoms with Crippen LogP contribution in [0.5, 0.6) is 5.75 Å². The van der Waals surface area contributed by atoms with Crippen molar-refractivity contribution in [3.05, 3.63) is 56.4 Å². The summed E-state index contributed by atoms with van der Waals surface area (Å²) in [6.45, 7) is 7.46. The van der Waals surface area contributed by atoms with Gasteiger partial charge in [-0.25, -0.2) is 9.78 Å². The fourth-order valence-electron chi connectivity index (χ4n) is 3.46. The zero-order chi connectivity index (χ0) is 24.3. The summed E-state index contributed by atoms with van der Waals surface area (Å²) in [5, 5.41) is 5.46. The Morgan fingerprint density at radius 2 is 1.91 bits per heavy atom. The van der Waals surface area contributed by atoms with Gasteiger partial charge in [-0.3, -0.25) is 23.9 Å². The van der Waals surface area contributed by atoms with Crippen molar-refractivity contribution in [3.8, 4) is 5.75 Å². The summed E-state index contributed by atoms with van der Waals surface area (Å²) in [5.74, 6) is -0.472. The van der Waals surface area contributed by atoms with E-state index in [4.69, 9.17) is 4.74 Å². The summed E-state index contributed by atoms with van der Waals surface area (Å²) in [4.78, 5) is 56.6. The van der Waals surface area contributed by atoms with Gasteiger partial charge in [0, 0.05) is 30.9 Å². The third-order valence-electron chi connectivity index (χ3n) is 5.02. The quantitative estimate of drug-likeness (QED) is 0.503. The van der Waals surface area contributed by atoms with Crippen LogP contribution in [0.3, 0.4) is 0 Å². The molecule has 10 heteroatoms. The van der Waals surface area contributed by atoms with Crippen molar-refractivity contribution in [1.29, 1.82) is 0 Å². The first kappa shape index (κ1) is 23.7. The molecule has 1 aromatic carbocycles. The summed E-state index contributed by atoms with van der Waals surface area (Å²) in [6, 6.07) is 6.34. The van der Waals surface area contributed by atoms with E-state index in [9.17, 15) is 19.2 Å². The lowest BCUT2D eigenvalue weighted by atomic mass is 10.0. The SMILES string of the molecule is CCCn1c(=O)[nH]c(=O)c2c(C(=O)Nc3ccc(NC(C)=O)c(OC)c3)cc(C(C)C)nc21. The average molecular weight is 453 g/mol. The molecule has 0 saturated heterocycles. The minimum absolute atomic E-state index is 0.0394. The number of carbonyl (C=O) groups excluding carboxylic acids is 2. The van der Waals surface area contributed by atoms with Crippen LogP contribution in [-0.4, -0.2) is 33.5 Å². The summed E-state index contributed by atoms with van der Waals surface area (Å²) in [7, 11) is 1.45. The number of hydrogen-bond donors (Lipinski definition) is 3. The normalized spacial score (nSPS) is 11.0. The Morgan fingerprint density at radius 1 is 1.18 bits per heavy atom. The van der Waals surface area contributed by atoms with Crippen molar-refractivity contribution in [2.24, 2.45) is 0 Å². The molecule has 0 aliphatic heterocycles. The van der Waals surface area contributed by atoms with Gasteiger partial charge in [0.1, 0.15) is 5.75 Å². The Bertz CT molecular complexity index is 1340. The molecule has 3 rings (SSSR count). The fraction of sp³-hybridized carbons (Fsp3) is 0.348. The van der Waals surface area contributed by atoms with Crippen LogP contribution in [-0.2, 0) is 11.3 Å². The van der Waals surface area contributed by atoms with Gasteiger partial charge in [0.25, 0.3) is 11.5 Å². The number of benzene rings is 1. The van der Waals surface area contributed by atoms with E-state index in [1.165, 1.54) is 18.6 Å². The molecule has 0 radical (unpaired) electrons. The highest BCUT2D eigenvalue weighted by atomic mass is 16.5. The monoisotopic (exact) mass is 453 g/mol. The fourth-order valence-corrected chi connectivity index (χ4v) is 3.46. The molecular formula is C23H27N5O5. The number of carbonyl (C=O) groups is 2. The number of anilines is 2. The lowest BCUT2D eigenvalue weighted by Gasteiger charge is -2.15. The van der Waals surface area contributed by atoms with E-state index < -0.39 is 17.2 Å². The Labute approximate surface area is 190 Å². The van der Waals surface area contributed by atoms with Gasteiger partial charge in [0.05, 0.1) is 23.7 Å². The van der Waals surface area contributed by atoms with Gasteiger partial charge in [-0.1, -0.05) is 20.8 Å². The number of aromatic amines is 1. The van der Waals surface area contributed by atoms with Crippen molar-refractivity contribution in [1.82, 2.24) is 14.5 Å². The maximum absolute atomic E-state index is 13.3. The number of methoxy groups -OCH3 is 1. The zero-order valence-electron chi connectivity index (χ0n) is 19.2. The molecular weight excluding hydrogens is 426 g/mol. The van der Waals surface area contributed by atoms with E-state index in [-0.39, 0.29) is 28.4 Å². The van der Waals surface area contributed by atoms with Crippen LogP contribution >= 0.6 is 0 Å².